The van der Waals surface area contributed by atoms with Gasteiger partial charge in [-0.15, -0.1) is 0 Å². The molecular weight excluding hydrogens is 615 g/mol. The van der Waals surface area contributed by atoms with Gasteiger partial charge in [0.2, 0.25) is 5.91 Å². The van der Waals surface area contributed by atoms with Crippen LogP contribution in [0.1, 0.15) is 65.4 Å². The number of rotatable bonds is 6. The third kappa shape index (κ3) is 10.8. The number of piperidine rings is 1. The Kier molecular flexibility index (Phi) is 13.5. The predicted octanol–water partition coefficient (Wildman–Crippen LogP) is 4.96. The predicted molar refractivity (Wildman–Crippen MR) is 185 cm³/mol. The summed E-state index contributed by atoms with van der Waals surface area (Å²) in [6, 6.07) is 4.91. The summed E-state index contributed by atoms with van der Waals surface area (Å²) in [6.07, 6.45) is 5.84. The second-order valence-corrected chi connectivity index (χ2v) is 14.2. The number of benzene rings is 1. The van der Waals surface area contributed by atoms with Crippen molar-refractivity contribution in [1.82, 2.24) is 14.7 Å². The Morgan fingerprint density at radius 2 is 1.69 bits per heavy atom. The highest BCUT2D eigenvalue weighted by atomic mass is 19.1. The molecular formula is C37H55FN4O6. The van der Waals surface area contributed by atoms with Crippen molar-refractivity contribution in [3.05, 3.63) is 47.3 Å². The van der Waals surface area contributed by atoms with Crippen molar-refractivity contribution in [2.75, 3.05) is 64.8 Å². The van der Waals surface area contributed by atoms with Crippen LogP contribution in [0.15, 0.2) is 35.9 Å². The fourth-order valence-electron chi connectivity index (χ4n) is 6.80. The molecule has 1 aromatic rings. The lowest BCUT2D eigenvalue weighted by Gasteiger charge is -2.34. The Bertz CT molecular complexity index is 1320. The normalized spacial score (nSPS) is 27.8. The van der Waals surface area contributed by atoms with Crippen LogP contribution >= 0.6 is 0 Å². The zero-order chi connectivity index (χ0) is 35.0. The number of piperazine rings is 1. The van der Waals surface area contributed by atoms with E-state index in [4.69, 9.17) is 9.47 Å². The molecule has 0 unspecified atom stereocenters. The lowest BCUT2D eigenvalue weighted by Crippen LogP contribution is -2.48. The molecule has 10 nitrogen and oxygen atoms in total. The van der Waals surface area contributed by atoms with Crippen LogP contribution in [0.25, 0.3) is 6.08 Å². The first-order chi connectivity index (χ1) is 22.8. The monoisotopic (exact) mass is 670 g/mol. The van der Waals surface area contributed by atoms with Crippen molar-refractivity contribution < 1.29 is 33.4 Å². The summed E-state index contributed by atoms with van der Waals surface area (Å²) in [4.78, 5) is 45.6. The maximum absolute atomic E-state index is 14.9. The highest BCUT2D eigenvalue weighted by molar-refractivity contribution is 5.73. The van der Waals surface area contributed by atoms with Crippen LogP contribution in [0.4, 0.5) is 14.9 Å². The fourth-order valence-corrected chi connectivity index (χ4v) is 6.80. The number of ether oxygens (including phenoxy) is 2. The molecule has 2 amide bonds. The van der Waals surface area contributed by atoms with Crippen LogP contribution in [0, 0.1) is 23.6 Å². The first-order valence-corrected chi connectivity index (χ1v) is 17.4. The minimum atomic E-state index is -0.881. The minimum absolute atomic E-state index is 0.0746. The topological polar surface area (TPSA) is 103 Å². The van der Waals surface area contributed by atoms with Gasteiger partial charge in [0.25, 0.3) is 0 Å². The molecule has 0 saturated carbocycles. The van der Waals surface area contributed by atoms with Gasteiger partial charge in [-0.2, -0.15) is 0 Å². The first kappa shape index (κ1) is 37.4. The Morgan fingerprint density at radius 3 is 2.35 bits per heavy atom. The van der Waals surface area contributed by atoms with Gasteiger partial charge in [0.15, 0.2) is 0 Å². The van der Waals surface area contributed by atoms with Gasteiger partial charge < -0.3 is 34.2 Å². The number of likely N-dealkylation sites (tertiary alicyclic amines) is 1. The first-order valence-electron chi connectivity index (χ1n) is 17.4. The summed E-state index contributed by atoms with van der Waals surface area (Å²) < 4.78 is 26.9. The zero-order valence-electron chi connectivity index (χ0n) is 29.6. The molecule has 2 fully saturated rings. The van der Waals surface area contributed by atoms with Crippen molar-refractivity contribution >= 4 is 29.7 Å². The fraction of sp³-hybridized carbons (Fsp3) is 0.649. The molecule has 0 aliphatic carbocycles. The molecule has 11 heteroatoms. The number of carbonyl (C=O) groups is 3. The molecule has 3 heterocycles. The van der Waals surface area contributed by atoms with Crippen LogP contribution in [0.3, 0.4) is 0 Å². The Labute approximate surface area is 285 Å². The van der Waals surface area contributed by atoms with Crippen molar-refractivity contribution in [3.63, 3.8) is 0 Å². The van der Waals surface area contributed by atoms with Gasteiger partial charge in [0, 0.05) is 71.4 Å². The number of amides is 2. The standard InChI is InChI=1S/C37H55FN4O6/c1-25-7-9-33(44)23-35(45)48-36(26(2)8-10-34(25)47-37(46)42-17-15-39(5)16-18-42)27(3)19-30-20-31(38)22-32(21-30)40(6)24-29-11-13-41(14-12-29)28(4)43/h8,10,19-22,25-26,29,33-34,36,44H,7,9,11-18,23-24H2,1-6H3/b10-8+,27-19+/t25-,26-,33+,34+,36-/m0/s1. The number of carbonyl (C=O) groups excluding carboxylic acids is 3. The van der Waals surface area contributed by atoms with Crippen molar-refractivity contribution in [1.29, 1.82) is 0 Å². The van der Waals surface area contributed by atoms with E-state index < -0.39 is 24.3 Å². The number of hydrogen-bond acceptors (Lipinski definition) is 8. The van der Waals surface area contributed by atoms with Crippen LogP contribution in [0.5, 0.6) is 0 Å². The molecule has 3 aliphatic rings. The van der Waals surface area contributed by atoms with Gasteiger partial charge >= 0.3 is 12.1 Å². The quantitative estimate of drug-likeness (QED) is 0.335. The van der Waals surface area contributed by atoms with Gasteiger partial charge in [-0.25, -0.2) is 9.18 Å². The lowest BCUT2D eigenvalue weighted by atomic mass is 9.91. The molecule has 1 N–H and O–H groups in total. The summed E-state index contributed by atoms with van der Waals surface area (Å²) in [6.45, 7) is 12.4. The highest BCUT2D eigenvalue weighted by Gasteiger charge is 2.29. The maximum atomic E-state index is 14.9. The highest BCUT2D eigenvalue weighted by Crippen LogP contribution is 2.28. The molecule has 48 heavy (non-hydrogen) atoms. The van der Waals surface area contributed by atoms with Gasteiger partial charge in [-0.1, -0.05) is 26.0 Å². The van der Waals surface area contributed by atoms with E-state index >= 15 is 0 Å². The molecule has 1 aromatic carbocycles. The second-order valence-electron chi connectivity index (χ2n) is 14.2. The number of cyclic esters (lactones) is 1. The number of esters is 1. The van der Waals surface area contributed by atoms with Crippen LogP contribution in [0.2, 0.25) is 0 Å². The Balaban J connectivity index is 1.51. The third-order valence-corrected chi connectivity index (χ3v) is 10.0. The van der Waals surface area contributed by atoms with E-state index in [1.807, 2.05) is 64.1 Å². The summed E-state index contributed by atoms with van der Waals surface area (Å²) in [5.41, 5.74) is 2.11. The zero-order valence-corrected chi connectivity index (χ0v) is 29.6. The van der Waals surface area contributed by atoms with E-state index in [0.29, 0.717) is 37.4 Å². The maximum Gasteiger partial charge on any atom is 0.410 e. The van der Waals surface area contributed by atoms with E-state index in [9.17, 15) is 23.9 Å². The number of hydrogen-bond donors (Lipinski definition) is 1. The van der Waals surface area contributed by atoms with Crippen molar-refractivity contribution in [2.45, 2.75) is 78.1 Å². The molecule has 0 spiro atoms. The summed E-state index contributed by atoms with van der Waals surface area (Å²) in [5, 5.41) is 10.7. The smallest absolute Gasteiger partial charge is 0.410 e. The van der Waals surface area contributed by atoms with Crippen LogP contribution in [-0.2, 0) is 19.1 Å². The Hall–Kier alpha value is -3.44. The average Bonchev–Trinajstić information content (AvgIpc) is 3.03. The van der Waals surface area contributed by atoms with Gasteiger partial charge in [0.1, 0.15) is 18.0 Å². The summed E-state index contributed by atoms with van der Waals surface area (Å²) in [5.74, 6) is -0.728. The second kappa shape index (κ2) is 17.3. The minimum Gasteiger partial charge on any atom is -0.457 e. The van der Waals surface area contributed by atoms with Crippen LogP contribution < -0.4 is 4.90 Å². The number of aliphatic hydroxyl groups excluding tert-OH is 1. The SMILES string of the molecule is CC(=O)N1CCC(CN(C)c2cc(F)cc(/C=C(\C)[C@H]3OC(=O)C[C@H](O)CC[C@H](C)[C@H](OC(=O)N4CCN(C)CC4)/C=C/[C@@H]3C)c2)CC1. The van der Waals surface area contributed by atoms with E-state index in [-0.39, 0.29) is 36.1 Å². The third-order valence-electron chi connectivity index (χ3n) is 10.0. The van der Waals surface area contributed by atoms with Gasteiger partial charge in [-0.3, -0.25) is 9.59 Å². The summed E-state index contributed by atoms with van der Waals surface area (Å²) >= 11 is 0. The largest absolute Gasteiger partial charge is 0.457 e. The number of nitrogens with zero attached hydrogens (tertiary/aromatic N) is 4. The molecule has 4 rings (SSSR count). The van der Waals surface area contributed by atoms with E-state index in [2.05, 4.69) is 9.80 Å². The van der Waals surface area contributed by atoms with Crippen molar-refractivity contribution in [2.24, 2.45) is 17.8 Å². The van der Waals surface area contributed by atoms with E-state index in [0.717, 1.165) is 56.8 Å². The van der Waals surface area contributed by atoms with Crippen molar-refractivity contribution in [3.8, 4) is 0 Å². The number of halogens is 1. The molecule has 5 atom stereocenters. The number of anilines is 1. The molecule has 0 radical (unpaired) electrons. The molecule has 2 saturated heterocycles. The van der Waals surface area contributed by atoms with Crippen LogP contribution in [-0.4, -0.2) is 116 Å². The molecule has 3 aliphatic heterocycles. The van der Waals surface area contributed by atoms with E-state index in [1.165, 1.54) is 12.1 Å². The molecule has 0 aromatic heterocycles. The summed E-state index contributed by atoms with van der Waals surface area (Å²) in [7, 11) is 3.98. The lowest BCUT2D eigenvalue weighted by molar-refractivity contribution is -0.151. The number of likely N-dealkylation sites (N-methyl/N-ethyl adjacent to an activating group) is 1. The molecule has 266 valence electrons. The average molecular weight is 671 g/mol. The molecule has 0 bridgehead atoms. The van der Waals surface area contributed by atoms with Gasteiger partial charge in [0.05, 0.1) is 12.5 Å². The van der Waals surface area contributed by atoms with E-state index in [1.54, 1.807) is 11.8 Å². The number of aliphatic hydroxyl groups is 1. The van der Waals surface area contributed by atoms with Gasteiger partial charge in [-0.05, 0) is 86.9 Å². The Morgan fingerprint density at radius 1 is 1.00 bits per heavy atom.